The van der Waals surface area contributed by atoms with Crippen molar-refractivity contribution in [3.63, 3.8) is 0 Å². The highest BCUT2D eigenvalue weighted by Crippen LogP contribution is 2.07. The largest absolute Gasteiger partial charge is 0.385 e. The van der Waals surface area contributed by atoms with E-state index in [-0.39, 0.29) is 0 Å². The van der Waals surface area contributed by atoms with Gasteiger partial charge in [-0.15, -0.1) is 0 Å². The molecule has 0 fully saturated rings. The van der Waals surface area contributed by atoms with Crippen LogP contribution >= 0.6 is 0 Å². The zero-order valence-corrected chi connectivity index (χ0v) is 9.56. The summed E-state index contributed by atoms with van der Waals surface area (Å²) in [5.74, 6) is 0. The van der Waals surface area contributed by atoms with E-state index in [1.54, 1.807) is 0 Å². The van der Waals surface area contributed by atoms with E-state index in [0.717, 1.165) is 24.2 Å². The number of nitrogens with zero attached hydrogens (tertiary/aromatic N) is 1. The fraction of sp³-hybridized carbons (Fsp3) is 0.133. The summed E-state index contributed by atoms with van der Waals surface area (Å²) < 4.78 is 0. The predicted octanol–water partition coefficient (Wildman–Crippen LogP) is 3.21. The van der Waals surface area contributed by atoms with Gasteiger partial charge >= 0.3 is 0 Å². The number of nitriles is 1. The van der Waals surface area contributed by atoms with Crippen LogP contribution in [-0.4, -0.2) is 6.54 Å². The van der Waals surface area contributed by atoms with Gasteiger partial charge in [-0.1, -0.05) is 30.3 Å². The molecule has 0 unspecified atom stereocenters. The summed E-state index contributed by atoms with van der Waals surface area (Å²) in [6.45, 7) is 0.874. The van der Waals surface area contributed by atoms with Gasteiger partial charge in [-0.05, 0) is 36.2 Å². The van der Waals surface area contributed by atoms with Gasteiger partial charge in [-0.2, -0.15) is 5.26 Å². The highest BCUT2D eigenvalue weighted by Gasteiger charge is 1.95. The van der Waals surface area contributed by atoms with Crippen molar-refractivity contribution in [3.05, 3.63) is 65.7 Å². The molecule has 84 valence electrons. The lowest BCUT2D eigenvalue weighted by Gasteiger charge is -2.06. The fourth-order valence-electron chi connectivity index (χ4n) is 1.70. The molecule has 0 aliphatic heterocycles. The molecule has 0 amide bonds. The number of rotatable bonds is 4. The van der Waals surface area contributed by atoms with Crippen LogP contribution in [0.15, 0.2) is 54.6 Å². The van der Waals surface area contributed by atoms with E-state index in [1.165, 1.54) is 5.56 Å². The third kappa shape index (κ3) is 3.35. The van der Waals surface area contributed by atoms with Gasteiger partial charge in [-0.3, -0.25) is 0 Å². The van der Waals surface area contributed by atoms with Crippen LogP contribution in [0.3, 0.4) is 0 Å². The maximum atomic E-state index is 8.80. The Morgan fingerprint density at radius 3 is 2.59 bits per heavy atom. The molecule has 0 radical (unpaired) electrons. The molecule has 0 saturated heterocycles. The van der Waals surface area contributed by atoms with Crippen LogP contribution in [0.25, 0.3) is 0 Å². The SMILES string of the molecule is N#Cc1cccc(CCNc2ccccc2)c1. The molecule has 0 saturated carbocycles. The molecule has 2 rings (SSSR count). The Bertz CT molecular complexity index is 512. The number of hydrogen-bond donors (Lipinski definition) is 1. The lowest BCUT2D eigenvalue weighted by molar-refractivity contribution is 1.02. The first kappa shape index (κ1) is 11.2. The van der Waals surface area contributed by atoms with E-state index in [0.29, 0.717) is 0 Å². The summed E-state index contributed by atoms with van der Waals surface area (Å²) in [6.07, 6.45) is 0.921. The molecule has 1 N–H and O–H groups in total. The predicted molar refractivity (Wildman–Crippen MR) is 69.8 cm³/mol. The Kier molecular flexibility index (Phi) is 3.77. The highest BCUT2D eigenvalue weighted by molar-refractivity contribution is 5.42. The smallest absolute Gasteiger partial charge is 0.0991 e. The van der Waals surface area contributed by atoms with Crippen molar-refractivity contribution in [2.45, 2.75) is 6.42 Å². The minimum absolute atomic E-state index is 0.724. The quantitative estimate of drug-likeness (QED) is 0.862. The highest BCUT2D eigenvalue weighted by atomic mass is 14.9. The van der Waals surface area contributed by atoms with Crippen LogP contribution in [0, 0.1) is 11.3 Å². The first-order valence-corrected chi connectivity index (χ1v) is 5.66. The Hall–Kier alpha value is -2.27. The number of para-hydroxylation sites is 1. The lowest BCUT2D eigenvalue weighted by Crippen LogP contribution is -2.04. The second kappa shape index (κ2) is 5.72. The maximum Gasteiger partial charge on any atom is 0.0991 e. The van der Waals surface area contributed by atoms with Crippen LogP contribution in [0.4, 0.5) is 5.69 Å². The molecule has 0 aliphatic carbocycles. The van der Waals surface area contributed by atoms with E-state index < -0.39 is 0 Å². The van der Waals surface area contributed by atoms with E-state index >= 15 is 0 Å². The Morgan fingerprint density at radius 2 is 1.82 bits per heavy atom. The summed E-state index contributed by atoms with van der Waals surface area (Å²) >= 11 is 0. The van der Waals surface area contributed by atoms with Crippen molar-refractivity contribution in [2.75, 3.05) is 11.9 Å². The molecule has 0 heterocycles. The van der Waals surface area contributed by atoms with Gasteiger partial charge in [0, 0.05) is 12.2 Å². The molecule has 2 heteroatoms. The number of benzene rings is 2. The van der Waals surface area contributed by atoms with E-state index in [2.05, 4.69) is 11.4 Å². The Labute approximate surface area is 102 Å². The minimum atomic E-state index is 0.724. The molecule has 0 spiro atoms. The van der Waals surface area contributed by atoms with E-state index in [1.807, 2.05) is 54.6 Å². The van der Waals surface area contributed by atoms with Gasteiger partial charge in [0.1, 0.15) is 0 Å². The van der Waals surface area contributed by atoms with Gasteiger partial charge in [0.25, 0.3) is 0 Å². The molecule has 0 bridgehead atoms. The average Bonchev–Trinajstić information content (AvgIpc) is 2.40. The van der Waals surface area contributed by atoms with Gasteiger partial charge in [0.2, 0.25) is 0 Å². The summed E-state index contributed by atoms with van der Waals surface area (Å²) in [7, 11) is 0. The summed E-state index contributed by atoms with van der Waals surface area (Å²) in [6, 6.07) is 20.0. The molecule has 0 aromatic heterocycles. The standard InChI is InChI=1S/C15H14N2/c16-12-14-6-4-5-13(11-14)9-10-17-15-7-2-1-3-8-15/h1-8,11,17H,9-10H2. The molecule has 2 aromatic rings. The topological polar surface area (TPSA) is 35.8 Å². The zero-order valence-electron chi connectivity index (χ0n) is 9.56. The molecule has 2 nitrogen and oxygen atoms in total. The van der Waals surface area contributed by atoms with Crippen LogP contribution in [0.5, 0.6) is 0 Å². The maximum absolute atomic E-state index is 8.80. The Balaban J connectivity index is 1.88. The molecular weight excluding hydrogens is 208 g/mol. The zero-order chi connectivity index (χ0) is 11.9. The molecule has 0 atom stereocenters. The van der Waals surface area contributed by atoms with Crippen molar-refractivity contribution in [1.29, 1.82) is 5.26 Å². The van der Waals surface area contributed by atoms with Gasteiger partial charge < -0.3 is 5.32 Å². The van der Waals surface area contributed by atoms with Crippen molar-refractivity contribution in [1.82, 2.24) is 0 Å². The monoisotopic (exact) mass is 222 g/mol. The van der Waals surface area contributed by atoms with Crippen LogP contribution < -0.4 is 5.32 Å². The number of nitrogens with one attached hydrogen (secondary N) is 1. The first-order chi connectivity index (χ1) is 8.38. The first-order valence-electron chi connectivity index (χ1n) is 5.66. The second-order valence-corrected chi connectivity index (χ2v) is 3.85. The van der Waals surface area contributed by atoms with Crippen molar-refractivity contribution < 1.29 is 0 Å². The van der Waals surface area contributed by atoms with Gasteiger partial charge in [0.05, 0.1) is 11.6 Å². The summed E-state index contributed by atoms with van der Waals surface area (Å²) in [4.78, 5) is 0. The third-order valence-corrected chi connectivity index (χ3v) is 2.57. The summed E-state index contributed by atoms with van der Waals surface area (Å²) in [5.41, 5.74) is 3.04. The van der Waals surface area contributed by atoms with Crippen molar-refractivity contribution >= 4 is 5.69 Å². The third-order valence-electron chi connectivity index (χ3n) is 2.57. The molecular formula is C15H14N2. The minimum Gasteiger partial charge on any atom is -0.385 e. The van der Waals surface area contributed by atoms with Crippen LogP contribution in [0.2, 0.25) is 0 Å². The number of anilines is 1. The van der Waals surface area contributed by atoms with Crippen molar-refractivity contribution in [3.8, 4) is 6.07 Å². The molecule has 0 aliphatic rings. The normalized spacial score (nSPS) is 9.59. The van der Waals surface area contributed by atoms with Crippen LogP contribution in [0.1, 0.15) is 11.1 Å². The lowest BCUT2D eigenvalue weighted by atomic mass is 10.1. The fourth-order valence-corrected chi connectivity index (χ4v) is 1.70. The second-order valence-electron chi connectivity index (χ2n) is 3.85. The summed E-state index contributed by atoms with van der Waals surface area (Å²) in [5, 5.41) is 12.1. The Morgan fingerprint density at radius 1 is 1.00 bits per heavy atom. The van der Waals surface area contributed by atoms with E-state index in [4.69, 9.17) is 5.26 Å². The molecule has 17 heavy (non-hydrogen) atoms. The molecule has 2 aromatic carbocycles. The van der Waals surface area contributed by atoms with Gasteiger partial charge in [0.15, 0.2) is 0 Å². The van der Waals surface area contributed by atoms with Crippen LogP contribution in [-0.2, 0) is 6.42 Å². The van der Waals surface area contributed by atoms with Crippen molar-refractivity contribution in [2.24, 2.45) is 0 Å². The van der Waals surface area contributed by atoms with Gasteiger partial charge in [-0.25, -0.2) is 0 Å². The number of hydrogen-bond acceptors (Lipinski definition) is 2. The average molecular weight is 222 g/mol. The van der Waals surface area contributed by atoms with E-state index in [9.17, 15) is 0 Å².